The van der Waals surface area contributed by atoms with Crippen molar-refractivity contribution in [3.8, 4) is 0 Å². The Morgan fingerprint density at radius 2 is 1.90 bits per heavy atom. The second kappa shape index (κ2) is 7.47. The van der Waals surface area contributed by atoms with Crippen molar-refractivity contribution in [1.29, 1.82) is 0 Å². The van der Waals surface area contributed by atoms with Crippen molar-refractivity contribution in [2.24, 2.45) is 11.8 Å². The Labute approximate surface area is 117 Å². The van der Waals surface area contributed by atoms with E-state index in [1.165, 1.54) is 26.4 Å². The summed E-state index contributed by atoms with van der Waals surface area (Å²) in [5.41, 5.74) is 0.556. The maximum absolute atomic E-state index is 11.8. The molecule has 0 spiro atoms. The molecule has 0 heterocycles. The van der Waals surface area contributed by atoms with E-state index in [1.807, 2.05) is 0 Å². The van der Waals surface area contributed by atoms with E-state index in [4.69, 9.17) is 9.47 Å². The van der Waals surface area contributed by atoms with Gasteiger partial charge in [0.2, 0.25) is 0 Å². The van der Waals surface area contributed by atoms with Crippen molar-refractivity contribution in [2.45, 2.75) is 13.3 Å². The number of hydrogen-bond acceptors (Lipinski definition) is 6. The highest BCUT2D eigenvalue weighted by Crippen LogP contribution is 2.34. The highest BCUT2D eigenvalue weighted by molar-refractivity contribution is 5.88. The summed E-state index contributed by atoms with van der Waals surface area (Å²) in [4.78, 5) is 34.7. The van der Waals surface area contributed by atoms with Gasteiger partial charge in [-0.15, -0.1) is 0 Å². The minimum absolute atomic E-state index is 0.271. The van der Waals surface area contributed by atoms with Crippen LogP contribution in [-0.2, 0) is 28.6 Å². The summed E-state index contributed by atoms with van der Waals surface area (Å²) in [7, 11) is 2.52. The van der Waals surface area contributed by atoms with Gasteiger partial charge in [-0.05, 0) is 18.9 Å². The summed E-state index contributed by atoms with van der Waals surface area (Å²) in [6.07, 6.45) is 4.79. The molecule has 1 rings (SSSR count). The van der Waals surface area contributed by atoms with Crippen LogP contribution in [0.3, 0.4) is 0 Å². The molecule has 0 fully saturated rings. The molecule has 0 N–H and O–H groups in total. The molecule has 0 aromatic rings. The smallest absolute Gasteiger partial charge is 0.330 e. The van der Waals surface area contributed by atoms with Crippen LogP contribution >= 0.6 is 0 Å². The lowest BCUT2D eigenvalue weighted by Crippen LogP contribution is -2.29. The molecule has 1 aliphatic carbocycles. The lowest BCUT2D eigenvalue weighted by Gasteiger charge is -2.17. The molecule has 110 valence electrons. The highest BCUT2D eigenvalue weighted by Gasteiger charge is 2.40. The summed E-state index contributed by atoms with van der Waals surface area (Å²) in [5, 5.41) is 0. The van der Waals surface area contributed by atoms with Crippen molar-refractivity contribution in [3.63, 3.8) is 0 Å². The summed E-state index contributed by atoms with van der Waals surface area (Å²) >= 11 is 0. The van der Waals surface area contributed by atoms with Crippen molar-refractivity contribution in [3.05, 3.63) is 23.8 Å². The van der Waals surface area contributed by atoms with Crippen LogP contribution in [0.1, 0.15) is 13.3 Å². The molecule has 0 radical (unpaired) electrons. The normalized spacial score (nSPS) is 21.4. The Bertz CT molecular complexity index is 449. The summed E-state index contributed by atoms with van der Waals surface area (Å²) < 4.78 is 14.1. The summed E-state index contributed by atoms with van der Waals surface area (Å²) in [6.45, 7) is 1.97. The fourth-order valence-electron chi connectivity index (χ4n) is 2.10. The van der Waals surface area contributed by atoms with E-state index in [-0.39, 0.29) is 6.61 Å². The van der Waals surface area contributed by atoms with Crippen LogP contribution in [-0.4, -0.2) is 38.7 Å². The van der Waals surface area contributed by atoms with Gasteiger partial charge in [0.15, 0.2) is 0 Å². The summed E-state index contributed by atoms with van der Waals surface area (Å²) in [5.74, 6) is -2.88. The van der Waals surface area contributed by atoms with E-state index in [2.05, 4.69) is 4.74 Å². The van der Waals surface area contributed by atoms with E-state index in [1.54, 1.807) is 13.0 Å². The number of ether oxygens (including phenoxy) is 3. The van der Waals surface area contributed by atoms with Gasteiger partial charge in [-0.3, -0.25) is 9.59 Å². The molecule has 0 saturated heterocycles. The minimum Gasteiger partial charge on any atom is -0.469 e. The third-order valence-corrected chi connectivity index (χ3v) is 3.03. The van der Waals surface area contributed by atoms with Crippen LogP contribution in [0, 0.1) is 11.8 Å². The first-order valence-electron chi connectivity index (χ1n) is 6.25. The molecule has 0 saturated carbocycles. The molecule has 0 amide bonds. The monoisotopic (exact) mass is 282 g/mol. The highest BCUT2D eigenvalue weighted by atomic mass is 16.5. The van der Waals surface area contributed by atoms with Gasteiger partial charge < -0.3 is 14.2 Å². The molecule has 0 unspecified atom stereocenters. The predicted molar refractivity (Wildman–Crippen MR) is 69.5 cm³/mol. The van der Waals surface area contributed by atoms with Crippen LogP contribution in [0.4, 0.5) is 0 Å². The molecule has 0 aromatic carbocycles. The van der Waals surface area contributed by atoms with E-state index in [9.17, 15) is 14.4 Å². The van der Waals surface area contributed by atoms with Gasteiger partial charge in [-0.1, -0.05) is 12.2 Å². The van der Waals surface area contributed by atoms with Gasteiger partial charge in [-0.2, -0.15) is 0 Å². The van der Waals surface area contributed by atoms with Crippen molar-refractivity contribution in [2.75, 3.05) is 20.8 Å². The fraction of sp³-hybridized carbons (Fsp3) is 0.500. The number of carbonyl (C=O) groups excluding carboxylic acids is 3. The topological polar surface area (TPSA) is 78.9 Å². The van der Waals surface area contributed by atoms with Crippen LogP contribution in [0.25, 0.3) is 0 Å². The molecule has 0 aromatic heterocycles. The zero-order chi connectivity index (χ0) is 15.1. The number of carbonyl (C=O) groups is 3. The molecule has 6 nitrogen and oxygen atoms in total. The molecule has 0 aliphatic heterocycles. The number of methoxy groups -OCH3 is 2. The van der Waals surface area contributed by atoms with E-state index < -0.39 is 29.7 Å². The molecule has 1 aliphatic rings. The van der Waals surface area contributed by atoms with E-state index in [0.717, 1.165) is 0 Å². The predicted octanol–water partition coefficient (Wildman–Crippen LogP) is 1.01. The standard InChI is InChI=1S/C14H18O6/c1-4-20-11(15)8-6-9-5-7-10(13(16)18-2)12(9)14(17)19-3/h5-6,8,10,12H,4,7H2,1-3H3/b8-6+/t10-,12+/m1/s1. The quantitative estimate of drug-likeness (QED) is 0.425. The third kappa shape index (κ3) is 3.69. The lowest BCUT2D eigenvalue weighted by atomic mass is 9.91. The first-order valence-corrected chi connectivity index (χ1v) is 6.25. The Morgan fingerprint density at radius 1 is 1.25 bits per heavy atom. The maximum Gasteiger partial charge on any atom is 0.330 e. The third-order valence-electron chi connectivity index (χ3n) is 3.03. The molecule has 20 heavy (non-hydrogen) atoms. The molecular formula is C14H18O6. The number of esters is 3. The average Bonchev–Trinajstić information content (AvgIpc) is 2.87. The van der Waals surface area contributed by atoms with E-state index >= 15 is 0 Å². The maximum atomic E-state index is 11.8. The molecule has 0 bridgehead atoms. The Hall–Kier alpha value is -2.11. The van der Waals surface area contributed by atoms with Crippen molar-refractivity contribution >= 4 is 17.9 Å². The van der Waals surface area contributed by atoms with E-state index in [0.29, 0.717) is 12.0 Å². The second-order valence-corrected chi connectivity index (χ2v) is 4.16. The molecular weight excluding hydrogens is 264 g/mol. The second-order valence-electron chi connectivity index (χ2n) is 4.16. The fourth-order valence-corrected chi connectivity index (χ4v) is 2.10. The largest absolute Gasteiger partial charge is 0.469 e. The van der Waals surface area contributed by atoms with Gasteiger partial charge in [0.25, 0.3) is 0 Å². The average molecular weight is 282 g/mol. The molecule has 6 heteroatoms. The van der Waals surface area contributed by atoms with Crippen LogP contribution in [0.5, 0.6) is 0 Å². The van der Waals surface area contributed by atoms with Crippen LogP contribution < -0.4 is 0 Å². The van der Waals surface area contributed by atoms with Crippen LogP contribution in [0.2, 0.25) is 0 Å². The summed E-state index contributed by atoms with van der Waals surface area (Å²) in [6, 6.07) is 0. The van der Waals surface area contributed by atoms with Gasteiger partial charge in [0.05, 0.1) is 32.7 Å². The lowest BCUT2D eigenvalue weighted by molar-refractivity contribution is -0.155. The van der Waals surface area contributed by atoms with Crippen LogP contribution in [0.15, 0.2) is 23.8 Å². The minimum atomic E-state index is -0.752. The zero-order valence-electron chi connectivity index (χ0n) is 11.8. The number of hydrogen-bond donors (Lipinski definition) is 0. The first-order chi connectivity index (χ1) is 9.54. The van der Waals surface area contributed by atoms with Crippen molar-refractivity contribution in [1.82, 2.24) is 0 Å². The van der Waals surface area contributed by atoms with Gasteiger partial charge in [0, 0.05) is 6.08 Å². The Balaban J connectivity index is 2.87. The Morgan fingerprint density at radius 3 is 2.45 bits per heavy atom. The SMILES string of the molecule is CCOC(=O)/C=C/C1=CC[C@@H](C(=O)OC)[C@H]1C(=O)OC. The van der Waals surface area contributed by atoms with Gasteiger partial charge in [-0.25, -0.2) is 4.79 Å². The zero-order valence-corrected chi connectivity index (χ0v) is 11.8. The Kier molecular flexibility index (Phi) is 5.96. The number of rotatable bonds is 5. The van der Waals surface area contributed by atoms with Gasteiger partial charge in [0.1, 0.15) is 0 Å². The molecule has 2 atom stereocenters. The number of allylic oxidation sites excluding steroid dienone is 2. The van der Waals surface area contributed by atoms with Gasteiger partial charge >= 0.3 is 17.9 Å². The van der Waals surface area contributed by atoms with Crippen molar-refractivity contribution < 1.29 is 28.6 Å². The first kappa shape index (κ1) is 15.9.